The molecule has 0 fully saturated rings. The van der Waals surface area contributed by atoms with E-state index >= 15 is 0 Å². The number of hydrogen-bond donors (Lipinski definition) is 0. The predicted octanol–water partition coefficient (Wildman–Crippen LogP) is 4.67. The van der Waals surface area contributed by atoms with E-state index in [0.29, 0.717) is 6.07 Å². The van der Waals surface area contributed by atoms with Crippen LogP contribution in [0.2, 0.25) is 0 Å². The van der Waals surface area contributed by atoms with Crippen molar-refractivity contribution in [3.05, 3.63) is 34.9 Å². The number of alkyl halides is 6. The zero-order valence-electron chi connectivity index (χ0n) is 9.06. The molecule has 0 amide bonds. The summed E-state index contributed by atoms with van der Waals surface area (Å²) in [6.45, 7) is 1.03. The van der Waals surface area contributed by atoms with Crippen LogP contribution in [0, 0.1) is 0 Å². The molecule has 1 unspecified atom stereocenters. The number of hydrogen-bond acceptors (Lipinski definition) is 1. The molecule has 0 heterocycles. The van der Waals surface area contributed by atoms with Gasteiger partial charge in [0.2, 0.25) is 0 Å². The number of Topliss-reactive ketones (excluding diaryl/α,β-unsaturated/α-hetero) is 1. The maximum absolute atomic E-state index is 12.7. The summed E-state index contributed by atoms with van der Waals surface area (Å²) in [5.74, 6) is -0.673. The fraction of sp³-hybridized carbons (Fsp3) is 0.364. The Balaban J connectivity index is 3.54. The van der Waals surface area contributed by atoms with Gasteiger partial charge in [0.05, 0.1) is 10.4 Å². The molecule has 1 rings (SSSR count). The minimum Gasteiger partial charge on any atom is -0.298 e. The van der Waals surface area contributed by atoms with Crippen LogP contribution in [0.25, 0.3) is 0 Å². The van der Waals surface area contributed by atoms with E-state index in [4.69, 9.17) is 0 Å². The largest absolute Gasteiger partial charge is 0.416 e. The summed E-state index contributed by atoms with van der Waals surface area (Å²) in [4.78, 5) is 9.74. The monoisotopic (exact) mass is 330 g/mol. The average Bonchev–Trinajstić information content (AvgIpc) is 2.25. The van der Waals surface area contributed by atoms with E-state index in [2.05, 4.69) is 15.9 Å². The van der Waals surface area contributed by atoms with Gasteiger partial charge in [-0.2, -0.15) is 13.2 Å². The van der Waals surface area contributed by atoms with Crippen LogP contribution in [0.3, 0.4) is 0 Å². The van der Waals surface area contributed by atoms with Crippen molar-refractivity contribution in [3.63, 3.8) is 0 Å². The minimum atomic E-state index is -4.79. The highest BCUT2D eigenvalue weighted by Crippen LogP contribution is 2.41. The molecule has 0 aliphatic heterocycles. The van der Waals surface area contributed by atoms with Gasteiger partial charge in [-0.15, -0.1) is 0 Å². The van der Waals surface area contributed by atoms with Gasteiger partial charge in [0.25, 0.3) is 6.43 Å². The van der Waals surface area contributed by atoms with E-state index in [-0.39, 0.29) is 0 Å². The molecule has 0 saturated carbocycles. The van der Waals surface area contributed by atoms with Crippen LogP contribution in [0.15, 0.2) is 18.2 Å². The number of halogens is 6. The molecule has 0 saturated heterocycles. The van der Waals surface area contributed by atoms with Crippen LogP contribution >= 0.6 is 15.9 Å². The highest BCUT2D eigenvalue weighted by Gasteiger charge is 2.38. The van der Waals surface area contributed by atoms with Crippen LogP contribution < -0.4 is 0 Å². The molecule has 0 spiro atoms. The first-order valence-corrected chi connectivity index (χ1v) is 5.70. The van der Waals surface area contributed by atoms with Gasteiger partial charge in [0.1, 0.15) is 5.78 Å². The third kappa shape index (κ3) is 3.07. The normalized spacial score (nSPS) is 13.8. The van der Waals surface area contributed by atoms with Crippen molar-refractivity contribution in [1.82, 2.24) is 0 Å². The lowest BCUT2D eigenvalue weighted by Crippen LogP contribution is -2.15. The Kier molecular flexibility index (Phi) is 4.47. The van der Waals surface area contributed by atoms with Gasteiger partial charge in [-0.25, -0.2) is 8.78 Å². The Hall–Kier alpha value is -0.980. The molecule has 0 aliphatic rings. The molecule has 100 valence electrons. The summed E-state index contributed by atoms with van der Waals surface area (Å²) >= 11 is 2.73. The van der Waals surface area contributed by atoms with E-state index in [1.165, 1.54) is 0 Å². The van der Waals surface area contributed by atoms with Gasteiger partial charge in [-0.05, 0) is 18.6 Å². The second-order valence-corrected chi connectivity index (χ2v) is 4.50. The van der Waals surface area contributed by atoms with E-state index in [1.54, 1.807) is 0 Å². The molecule has 0 bridgehead atoms. The van der Waals surface area contributed by atoms with Crippen molar-refractivity contribution in [2.75, 3.05) is 0 Å². The van der Waals surface area contributed by atoms with Crippen molar-refractivity contribution in [3.8, 4) is 0 Å². The van der Waals surface area contributed by atoms with Crippen molar-refractivity contribution in [2.24, 2.45) is 0 Å². The SMILES string of the molecule is CC(=O)C(Br)c1c(C(F)F)cccc1C(F)(F)F. The third-order valence-corrected chi connectivity index (χ3v) is 3.39. The third-order valence-electron chi connectivity index (χ3n) is 2.29. The number of benzene rings is 1. The topological polar surface area (TPSA) is 17.1 Å². The summed E-state index contributed by atoms with van der Waals surface area (Å²) < 4.78 is 63.7. The molecule has 1 atom stereocenters. The zero-order valence-corrected chi connectivity index (χ0v) is 10.6. The number of carbonyl (C=O) groups is 1. The van der Waals surface area contributed by atoms with Crippen molar-refractivity contribution in [2.45, 2.75) is 24.4 Å². The average molecular weight is 331 g/mol. The summed E-state index contributed by atoms with van der Waals surface area (Å²) in [6, 6.07) is 2.46. The zero-order chi connectivity index (χ0) is 14.1. The molecule has 0 aliphatic carbocycles. The lowest BCUT2D eigenvalue weighted by molar-refractivity contribution is -0.138. The lowest BCUT2D eigenvalue weighted by Gasteiger charge is -2.19. The van der Waals surface area contributed by atoms with Gasteiger partial charge in [0, 0.05) is 5.56 Å². The summed E-state index contributed by atoms with van der Waals surface area (Å²) in [5, 5.41) is 0. The second kappa shape index (κ2) is 5.34. The van der Waals surface area contributed by atoms with Gasteiger partial charge in [-0.3, -0.25) is 4.79 Å². The van der Waals surface area contributed by atoms with Crippen LogP contribution in [-0.2, 0) is 11.0 Å². The van der Waals surface area contributed by atoms with Crippen LogP contribution in [0.1, 0.15) is 34.9 Å². The smallest absolute Gasteiger partial charge is 0.298 e. The molecule has 0 radical (unpaired) electrons. The molecular weight excluding hydrogens is 323 g/mol. The molecule has 0 N–H and O–H groups in total. The predicted molar refractivity (Wildman–Crippen MR) is 58.8 cm³/mol. The highest BCUT2D eigenvalue weighted by atomic mass is 79.9. The second-order valence-electron chi connectivity index (χ2n) is 3.58. The Labute approximate surface area is 108 Å². The van der Waals surface area contributed by atoms with Crippen LogP contribution in [0.5, 0.6) is 0 Å². The Morgan fingerprint density at radius 3 is 2.22 bits per heavy atom. The molecule has 1 nitrogen and oxygen atoms in total. The summed E-state index contributed by atoms with van der Waals surface area (Å²) in [5.41, 5.74) is -2.73. The molecule has 1 aromatic carbocycles. The summed E-state index contributed by atoms with van der Waals surface area (Å²) in [6.07, 6.45) is -7.87. The highest BCUT2D eigenvalue weighted by molar-refractivity contribution is 9.09. The van der Waals surface area contributed by atoms with E-state index < -0.39 is 39.9 Å². The first kappa shape index (κ1) is 15.1. The van der Waals surface area contributed by atoms with E-state index in [0.717, 1.165) is 19.1 Å². The molecule has 7 heteroatoms. The van der Waals surface area contributed by atoms with E-state index in [1.807, 2.05) is 0 Å². The van der Waals surface area contributed by atoms with Gasteiger partial charge < -0.3 is 0 Å². The van der Waals surface area contributed by atoms with Crippen molar-refractivity contribution >= 4 is 21.7 Å². The first-order valence-electron chi connectivity index (χ1n) is 4.79. The van der Waals surface area contributed by atoms with Crippen LogP contribution in [0.4, 0.5) is 22.0 Å². The number of ketones is 1. The van der Waals surface area contributed by atoms with E-state index in [9.17, 15) is 26.7 Å². The number of carbonyl (C=O) groups excluding carboxylic acids is 1. The first-order chi connectivity index (χ1) is 8.16. The fourth-order valence-electron chi connectivity index (χ4n) is 1.51. The van der Waals surface area contributed by atoms with Crippen molar-refractivity contribution in [1.29, 1.82) is 0 Å². The Bertz CT molecular complexity index is 455. The Morgan fingerprint density at radius 2 is 1.83 bits per heavy atom. The molecule has 18 heavy (non-hydrogen) atoms. The van der Waals surface area contributed by atoms with Gasteiger partial charge in [0.15, 0.2) is 0 Å². The molecule has 0 aromatic heterocycles. The van der Waals surface area contributed by atoms with Crippen LogP contribution in [-0.4, -0.2) is 5.78 Å². The lowest BCUT2D eigenvalue weighted by atomic mass is 9.96. The number of rotatable bonds is 3. The standard InChI is InChI=1S/C11H8BrF5O/c1-5(18)9(12)8-6(10(13)14)3-2-4-7(8)11(15,16)17/h2-4,9-10H,1H3. The maximum Gasteiger partial charge on any atom is 0.416 e. The molecule has 1 aromatic rings. The molecular formula is C11H8BrF5O. The Morgan fingerprint density at radius 1 is 1.28 bits per heavy atom. The van der Waals surface area contributed by atoms with Gasteiger partial charge in [-0.1, -0.05) is 28.1 Å². The fourth-order valence-corrected chi connectivity index (χ4v) is 2.02. The quantitative estimate of drug-likeness (QED) is 0.581. The maximum atomic E-state index is 12.7. The summed E-state index contributed by atoms with van der Waals surface area (Å²) in [7, 11) is 0. The van der Waals surface area contributed by atoms with Crippen molar-refractivity contribution < 1.29 is 26.7 Å². The van der Waals surface area contributed by atoms with Gasteiger partial charge >= 0.3 is 6.18 Å². The minimum absolute atomic E-state index is 0.673.